The van der Waals surface area contributed by atoms with E-state index in [-0.39, 0.29) is 37.1 Å². The molecule has 1 aliphatic rings. The van der Waals surface area contributed by atoms with Gasteiger partial charge < -0.3 is 19.7 Å². The Morgan fingerprint density at radius 1 is 1.12 bits per heavy atom. The van der Waals surface area contributed by atoms with Gasteiger partial charge in [-0.1, -0.05) is 17.7 Å². The fourth-order valence-electron chi connectivity index (χ4n) is 3.65. The molecule has 0 aromatic heterocycles. The van der Waals surface area contributed by atoms with Crippen molar-refractivity contribution in [2.75, 3.05) is 38.7 Å². The smallest absolute Gasteiger partial charge is 0.416 e. The summed E-state index contributed by atoms with van der Waals surface area (Å²) < 4.78 is 50.0. The van der Waals surface area contributed by atoms with E-state index in [9.17, 15) is 22.8 Å². The molecular formula is C24H27F3N2O4. The zero-order valence-electron chi connectivity index (χ0n) is 18.6. The van der Waals surface area contributed by atoms with Crippen LogP contribution in [0.3, 0.4) is 0 Å². The lowest BCUT2D eigenvalue weighted by Gasteiger charge is -2.32. The van der Waals surface area contributed by atoms with E-state index in [4.69, 9.17) is 9.47 Å². The number of methoxy groups -OCH3 is 1. The van der Waals surface area contributed by atoms with Crippen molar-refractivity contribution in [3.05, 3.63) is 59.2 Å². The zero-order valence-corrected chi connectivity index (χ0v) is 18.6. The van der Waals surface area contributed by atoms with Crippen LogP contribution in [0.15, 0.2) is 42.5 Å². The predicted octanol–water partition coefficient (Wildman–Crippen LogP) is 4.53. The van der Waals surface area contributed by atoms with Crippen LogP contribution in [-0.4, -0.2) is 50.1 Å². The van der Waals surface area contributed by atoms with Crippen molar-refractivity contribution < 1.29 is 32.2 Å². The largest absolute Gasteiger partial charge is 0.489 e. The number of alkyl halides is 3. The summed E-state index contributed by atoms with van der Waals surface area (Å²) >= 11 is 0. The van der Waals surface area contributed by atoms with Gasteiger partial charge in [0.05, 0.1) is 23.8 Å². The molecule has 3 rings (SSSR count). The second-order valence-corrected chi connectivity index (χ2v) is 8.00. The molecular weight excluding hydrogens is 437 g/mol. The second-order valence-electron chi connectivity index (χ2n) is 8.00. The quantitative estimate of drug-likeness (QED) is 0.612. The first-order chi connectivity index (χ1) is 15.7. The van der Waals surface area contributed by atoms with Crippen molar-refractivity contribution in [3.8, 4) is 5.75 Å². The molecule has 0 bridgehead atoms. The highest BCUT2D eigenvalue weighted by Crippen LogP contribution is 2.35. The highest BCUT2D eigenvalue weighted by atomic mass is 19.4. The van der Waals surface area contributed by atoms with Crippen LogP contribution in [0.4, 0.5) is 18.9 Å². The average Bonchev–Trinajstić information content (AvgIpc) is 2.79. The highest BCUT2D eigenvalue weighted by Gasteiger charge is 2.33. The maximum atomic E-state index is 13.2. The molecule has 178 valence electrons. The van der Waals surface area contributed by atoms with Gasteiger partial charge >= 0.3 is 6.18 Å². The van der Waals surface area contributed by atoms with E-state index >= 15 is 0 Å². The molecule has 2 aromatic rings. The topological polar surface area (TPSA) is 67.9 Å². The molecule has 6 nitrogen and oxygen atoms in total. The van der Waals surface area contributed by atoms with Gasteiger partial charge in [0.15, 0.2) is 0 Å². The number of aryl methyl sites for hydroxylation is 1. The molecule has 0 aliphatic carbocycles. The van der Waals surface area contributed by atoms with Crippen molar-refractivity contribution in [2.24, 2.45) is 5.92 Å². The normalized spacial score (nSPS) is 16.4. The Balaban J connectivity index is 1.73. The van der Waals surface area contributed by atoms with Gasteiger partial charge in [0.25, 0.3) is 5.91 Å². The number of amides is 2. The van der Waals surface area contributed by atoms with Crippen LogP contribution < -0.4 is 10.1 Å². The summed E-state index contributed by atoms with van der Waals surface area (Å²) in [7, 11) is 1.48. The minimum absolute atomic E-state index is 0.0621. The van der Waals surface area contributed by atoms with Crippen LogP contribution in [0.25, 0.3) is 0 Å². The third-order valence-corrected chi connectivity index (χ3v) is 5.49. The summed E-state index contributed by atoms with van der Waals surface area (Å²) in [6.07, 6.45) is -3.41. The van der Waals surface area contributed by atoms with Gasteiger partial charge in [0.1, 0.15) is 12.4 Å². The van der Waals surface area contributed by atoms with E-state index in [1.165, 1.54) is 13.2 Å². The van der Waals surface area contributed by atoms with Crippen molar-refractivity contribution >= 4 is 17.5 Å². The summed E-state index contributed by atoms with van der Waals surface area (Å²) in [5.74, 6) is -1.05. The summed E-state index contributed by atoms with van der Waals surface area (Å²) in [4.78, 5) is 27.4. The number of anilines is 1. The van der Waals surface area contributed by atoms with Crippen molar-refractivity contribution in [3.63, 3.8) is 0 Å². The minimum atomic E-state index is -4.56. The fraction of sp³-hybridized carbons (Fsp3) is 0.417. The van der Waals surface area contributed by atoms with Crippen LogP contribution >= 0.6 is 0 Å². The van der Waals surface area contributed by atoms with E-state index in [1.54, 1.807) is 17.0 Å². The van der Waals surface area contributed by atoms with Gasteiger partial charge in [-0.2, -0.15) is 13.2 Å². The molecule has 1 atom stereocenters. The molecule has 1 aliphatic heterocycles. The number of ether oxygens (including phenoxy) is 2. The number of piperidine rings is 1. The number of nitrogens with zero attached hydrogens (tertiary/aromatic N) is 1. The number of nitrogens with one attached hydrogen (secondary N) is 1. The van der Waals surface area contributed by atoms with Gasteiger partial charge in [0, 0.05) is 25.8 Å². The SMILES string of the molecule is COCCOc1ccc(C(F)(F)F)cc1NC(=O)C1CCCN(C(=O)c2ccc(C)cc2)C1. The Labute approximate surface area is 190 Å². The Bertz CT molecular complexity index is 977. The lowest BCUT2D eigenvalue weighted by atomic mass is 9.96. The standard InChI is InChI=1S/C24H27F3N2O4/c1-16-5-7-17(8-6-16)23(31)29-11-3-4-18(15-29)22(30)28-20-14-19(24(25,26)27)9-10-21(20)33-13-12-32-2/h5-10,14,18H,3-4,11-13,15H2,1-2H3,(H,28,30). The van der Waals surface area contributed by atoms with Gasteiger partial charge in [-0.15, -0.1) is 0 Å². The molecule has 9 heteroatoms. The molecule has 0 saturated carbocycles. The summed E-state index contributed by atoms with van der Waals surface area (Å²) in [6.45, 7) is 3.00. The van der Waals surface area contributed by atoms with Gasteiger partial charge in [-0.05, 0) is 50.1 Å². The van der Waals surface area contributed by atoms with Crippen molar-refractivity contribution in [1.29, 1.82) is 0 Å². The first-order valence-corrected chi connectivity index (χ1v) is 10.7. The third kappa shape index (κ3) is 6.47. The first kappa shape index (κ1) is 24.6. The Hall–Kier alpha value is -3.07. The molecule has 0 spiro atoms. The number of benzene rings is 2. The maximum absolute atomic E-state index is 13.2. The molecule has 2 aromatic carbocycles. The number of carbonyl (C=O) groups excluding carboxylic acids is 2. The van der Waals surface area contributed by atoms with Gasteiger partial charge in [0.2, 0.25) is 5.91 Å². The van der Waals surface area contributed by atoms with E-state index in [1.807, 2.05) is 19.1 Å². The summed E-state index contributed by atoms with van der Waals surface area (Å²) in [5.41, 5.74) is 0.616. The Kier molecular flexibility index (Phi) is 7.97. The van der Waals surface area contributed by atoms with E-state index < -0.39 is 23.6 Å². The third-order valence-electron chi connectivity index (χ3n) is 5.49. The molecule has 0 radical (unpaired) electrons. The van der Waals surface area contributed by atoms with Crippen LogP contribution in [0.2, 0.25) is 0 Å². The number of hydrogen-bond donors (Lipinski definition) is 1. The Morgan fingerprint density at radius 2 is 1.85 bits per heavy atom. The number of carbonyl (C=O) groups is 2. The zero-order chi connectivity index (χ0) is 24.0. The van der Waals surface area contributed by atoms with Gasteiger partial charge in [-0.3, -0.25) is 9.59 Å². The number of rotatable bonds is 7. The van der Waals surface area contributed by atoms with Crippen LogP contribution in [0, 0.1) is 12.8 Å². The molecule has 1 unspecified atom stereocenters. The van der Waals surface area contributed by atoms with E-state index in [0.29, 0.717) is 24.9 Å². The minimum Gasteiger partial charge on any atom is -0.489 e. The maximum Gasteiger partial charge on any atom is 0.416 e. The highest BCUT2D eigenvalue weighted by molar-refractivity contribution is 5.97. The van der Waals surface area contributed by atoms with Crippen LogP contribution in [-0.2, 0) is 15.7 Å². The van der Waals surface area contributed by atoms with Gasteiger partial charge in [-0.25, -0.2) is 0 Å². The fourth-order valence-corrected chi connectivity index (χ4v) is 3.65. The number of halogens is 3. The number of hydrogen-bond acceptors (Lipinski definition) is 4. The molecule has 1 fully saturated rings. The predicted molar refractivity (Wildman–Crippen MR) is 117 cm³/mol. The lowest BCUT2D eigenvalue weighted by molar-refractivity contribution is -0.137. The average molecular weight is 464 g/mol. The summed E-state index contributed by atoms with van der Waals surface area (Å²) in [6, 6.07) is 10.1. The van der Waals surface area contributed by atoms with E-state index in [0.717, 1.165) is 17.7 Å². The lowest BCUT2D eigenvalue weighted by Crippen LogP contribution is -2.43. The molecule has 2 amide bonds. The second kappa shape index (κ2) is 10.7. The van der Waals surface area contributed by atoms with Crippen molar-refractivity contribution in [1.82, 2.24) is 4.90 Å². The molecule has 1 N–H and O–H groups in total. The molecule has 1 heterocycles. The van der Waals surface area contributed by atoms with Crippen LogP contribution in [0.5, 0.6) is 5.75 Å². The number of likely N-dealkylation sites (tertiary alicyclic amines) is 1. The first-order valence-electron chi connectivity index (χ1n) is 10.7. The Morgan fingerprint density at radius 3 is 2.52 bits per heavy atom. The van der Waals surface area contributed by atoms with Crippen LogP contribution in [0.1, 0.15) is 34.3 Å². The van der Waals surface area contributed by atoms with E-state index in [2.05, 4.69) is 5.32 Å². The molecule has 1 saturated heterocycles. The van der Waals surface area contributed by atoms with Crippen molar-refractivity contribution in [2.45, 2.75) is 25.9 Å². The molecule has 33 heavy (non-hydrogen) atoms. The monoisotopic (exact) mass is 464 g/mol. The summed E-state index contributed by atoms with van der Waals surface area (Å²) in [5, 5.41) is 2.58.